The molecule has 2 amide bonds. The van der Waals surface area contributed by atoms with E-state index in [9.17, 15) is 18.0 Å². The van der Waals surface area contributed by atoms with Crippen LogP contribution < -0.4 is 5.32 Å². The Kier molecular flexibility index (Phi) is 5.95. The maximum atomic E-state index is 12.6. The Morgan fingerprint density at radius 2 is 1.68 bits per heavy atom. The van der Waals surface area contributed by atoms with E-state index in [0.717, 1.165) is 17.7 Å². The maximum Gasteiger partial charge on any atom is 0.416 e. The number of halogens is 4. The number of hydrogen-bond donors (Lipinski definition) is 1. The molecule has 0 spiro atoms. The highest BCUT2D eigenvalue weighted by Gasteiger charge is 2.30. The first-order valence-electron chi connectivity index (χ1n) is 7.60. The van der Waals surface area contributed by atoms with Crippen LogP contribution in [0.1, 0.15) is 29.7 Å². The van der Waals surface area contributed by atoms with Crippen molar-refractivity contribution in [3.05, 3.63) is 70.2 Å². The average Bonchev–Trinajstić information content (AvgIpc) is 2.55. The SMILES string of the molecule is CC(NC(=O)N(C)Cc1ccc(C(F)(F)F)cc1)c1ccc(Cl)cc1. The first kappa shape index (κ1) is 19.1. The lowest BCUT2D eigenvalue weighted by atomic mass is 10.1. The summed E-state index contributed by atoms with van der Waals surface area (Å²) >= 11 is 5.84. The minimum Gasteiger partial charge on any atom is -0.331 e. The molecule has 0 saturated heterocycles. The van der Waals surface area contributed by atoms with E-state index in [2.05, 4.69) is 5.32 Å². The van der Waals surface area contributed by atoms with E-state index in [4.69, 9.17) is 11.6 Å². The highest BCUT2D eigenvalue weighted by molar-refractivity contribution is 6.30. The summed E-state index contributed by atoms with van der Waals surface area (Å²) in [5.41, 5.74) is 0.810. The number of alkyl halides is 3. The van der Waals surface area contributed by atoms with Crippen molar-refractivity contribution in [2.45, 2.75) is 25.7 Å². The van der Waals surface area contributed by atoms with Gasteiger partial charge >= 0.3 is 12.2 Å². The molecule has 1 unspecified atom stereocenters. The van der Waals surface area contributed by atoms with Gasteiger partial charge < -0.3 is 10.2 Å². The minimum atomic E-state index is -4.37. The molecule has 0 saturated carbocycles. The van der Waals surface area contributed by atoms with Crippen LogP contribution in [0, 0.1) is 0 Å². The number of carbonyl (C=O) groups excluding carboxylic acids is 1. The Hall–Kier alpha value is -2.21. The lowest BCUT2D eigenvalue weighted by Crippen LogP contribution is -2.38. The van der Waals surface area contributed by atoms with Gasteiger partial charge in [-0.15, -0.1) is 0 Å². The molecule has 1 N–H and O–H groups in total. The summed E-state index contributed by atoms with van der Waals surface area (Å²) in [5, 5.41) is 3.45. The Bertz CT molecular complexity index is 715. The second kappa shape index (κ2) is 7.78. The molecule has 0 aliphatic carbocycles. The zero-order valence-corrected chi connectivity index (χ0v) is 14.5. The number of urea groups is 1. The number of hydrogen-bond acceptors (Lipinski definition) is 1. The van der Waals surface area contributed by atoms with Crippen molar-refractivity contribution in [3.8, 4) is 0 Å². The summed E-state index contributed by atoms with van der Waals surface area (Å²) in [4.78, 5) is 13.6. The smallest absolute Gasteiger partial charge is 0.331 e. The van der Waals surface area contributed by atoms with Crippen molar-refractivity contribution < 1.29 is 18.0 Å². The zero-order valence-electron chi connectivity index (χ0n) is 13.8. The Morgan fingerprint density at radius 3 is 2.20 bits per heavy atom. The molecular formula is C18H18ClF3N2O. The summed E-state index contributed by atoms with van der Waals surface area (Å²) in [6.45, 7) is 2.05. The fourth-order valence-electron chi connectivity index (χ4n) is 2.27. The fourth-order valence-corrected chi connectivity index (χ4v) is 2.40. The largest absolute Gasteiger partial charge is 0.416 e. The lowest BCUT2D eigenvalue weighted by Gasteiger charge is -2.22. The van der Waals surface area contributed by atoms with Gasteiger partial charge in [-0.1, -0.05) is 35.9 Å². The third-order valence-electron chi connectivity index (χ3n) is 3.76. The summed E-state index contributed by atoms with van der Waals surface area (Å²) in [5.74, 6) is 0. The third-order valence-corrected chi connectivity index (χ3v) is 4.01. The third kappa shape index (κ3) is 5.39. The van der Waals surface area contributed by atoms with Crippen molar-refractivity contribution >= 4 is 17.6 Å². The molecule has 0 aliphatic rings. The summed E-state index contributed by atoms with van der Waals surface area (Å²) < 4.78 is 37.7. The number of nitrogens with one attached hydrogen (secondary N) is 1. The summed E-state index contributed by atoms with van der Waals surface area (Å²) in [6, 6.07) is 11.4. The molecule has 3 nitrogen and oxygen atoms in total. The predicted molar refractivity (Wildman–Crippen MR) is 91.3 cm³/mol. The van der Waals surface area contributed by atoms with Gasteiger partial charge in [0.25, 0.3) is 0 Å². The monoisotopic (exact) mass is 370 g/mol. The molecule has 0 aromatic heterocycles. The number of carbonyl (C=O) groups is 1. The molecule has 2 aromatic rings. The predicted octanol–water partition coefficient (Wildman–Crippen LogP) is 5.26. The Morgan fingerprint density at radius 1 is 1.12 bits per heavy atom. The molecule has 134 valence electrons. The van der Waals surface area contributed by atoms with Crippen LogP contribution in [-0.2, 0) is 12.7 Å². The number of amides is 2. The van der Waals surface area contributed by atoms with Crippen LogP contribution in [0.4, 0.5) is 18.0 Å². The molecular weight excluding hydrogens is 353 g/mol. The van der Waals surface area contributed by atoms with Gasteiger partial charge in [-0.2, -0.15) is 13.2 Å². The van der Waals surface area contributed by atoms with Crippen LogP contribution in [0.5, 0.6) is 0 Å². The van der Waals surface area contributed by atoms with Crippen LogP contribution in [0.3, 0.4) is 0 Å². The zero-order chi connectivity index (χ0) is 18.6. The van der Waals surface area contributed by atoms with Gasteiger partial charge in [-0.3, -0.25) is 0 Å². The molecule has 7 heteroatoms. The van der Waals surface area contributed by atoms with Crippen molar-refractivity contribution in [2.75, 3.05) is 7.05 Å². The molecule has 1 atom stereocenters. The fraction of sp³-hybridized carbons (Fsp3) is 0.278. The van der Waals surface area contributed by atoms with Crippen molar-refractivity contribution in [3.63, 3.8) is 0 Å². The van der Waals surface area contributed by atoms with E-state index < -0.39 is 11.7 Å². The molecule has 25 heavy (non-hydrogen) atoms. The molecule has 0 radical (unpaired) electrons. The van der Waals surface area contributed by atoms with Gasteiger partial charge in [0, 0.05) is 18.6 Å². The van der Waals surface area contributed by atoms with E-state index >= 15 is 0 Å². The van der Waals surface area contributed by atoms with Crippen LogP contribution in [0.25, 0.3) is 0 Å². The van der Waals surface area contributed by atoms with Crippen molar-refractivity contribution in [2.24, 2.45) is 0 Å². The highest BCUT2D eigenvalue weighted by atomic mass is 35.5. The van der Waals surface area contributed by atoms with E-state index in [0.29, 0.717) is 10.6 Å². The van der Waals surface area contributed by atoms with E-state index in [-0.39, 0.29) is 18.6 Å². The first-order valence-corrected chi connectivity index (χ1v) is 7.98. The summed E-state index contributed by atoms with van der Waals surface area (Å²) in [6.07, 6.45) is -4.37. The molecule has 0 bridgehead atoms. The van der Waals surface area contributed by atoms with Crippen LogP contribution in [-0.4, -0.2) is 18.0 Å². The highest BCUT2D eigenvalue weighted by Crippen LogP contribution is 2.29. The molecule has 0 aliphatic heterocycles. The summed E-state index contributed by atoms with van der Waals surface area (Å²) in [7, 11) is 1.58. The number of benzene rings is 2. The number of nitrogens with zero attached hydrogens (tertiary/aromatic N) is 1. The van der Waals surface area contributed by atoms with E-state index in [1.807, 2.05) is 19.1 Å². The van der Waals surface area contributed by atoms with Crippen LogP contribution in [0.15, 0.2) is 48.5 Å². The van der Waals surface area contributed by atoms with Gasteiger partial charge in [-0.05, 0) is 42.3 Å². The second-order valence-corrected chi connectivity index (χ2v) is 6.21. The molecule has 2 aromatic carbocycles. The van der Waals surface area contributed by atoms with Gasteiger partial charge in [-0.25, -0.2) is 4.79 Å². The quantitative estimate of drug-likeness (QED) is 0.782. The van der Waals surface area contributed by atoms with Crippen LogP contribution in [0.2, 0.25) is 5.02 Å². The first-order chi connectivity index (χ1) is 11.7. The van der Waals surface area contributed by atoms with Gasteiger partial charge in [0.2, 0.25) is 0 Å². The Balaban J connectivity index is 1.94. The van der Waals surface area contributed by atoms with Crippen molar-refractivity contribution in [1.82, 2.24) is 10.2 Å². The average molecular weight is 371 g/mol. The minimum absolute atomic E-state index is 0.206. The topological polar surface area (TPSA) is 32.3 Å². The normalized spacial score (nSPS) is 12.6. The van der Waals surface area contributed by atoms with E-state index in [1.165, 1.54) is 17.0 Å². The van der Waals surface area contributed by atoms with E-state index in [1.54, 1.807) is 19.2 Å². The van der Waals surface area contributed by atoms with Gasteiger partial charge in [0.15, 0.2) is 0 Å². The second-order valence-electron chi connectivity index (χ2n) is 5.77. The van der Waals surface area contributed by atoms with Gasteiger partial charge in [0.1, 0.15) is 0 Å². The Labute approximate surface area is 149 Å². The van der Waals surface area contributed by atoms with Gasteiger partial charge in [0.05, 0.1) is 11.6 Å². The molecule has 0 fully saturated rings. The lowest BCUT2D eigenvalue weighted by molar-refractivity contribution is -0.137. The standard InChI is InChI=1S/C18H18ClF3N2O/c1-12(14-5-9-16(19)10-6-14)23-17(25)24(2)11-13-3-7-15(8-4-13)18(20,21)22/h3-10,12H,11H2,1-2H3,(H,23,25). The maximum absolute atomic E-state index is 12.6. The molecule has 0 heterocycles. The van der Waals surface area contributed by atoms with Crippen molar-refractivity contribution in [1.29, 1.82) is 0 Å². The van der Waals surface area contributed by atoms with Crippen LogP contribution >= 0.6 is 11.6 Å². The molecule has 2 rings (SSSR count). The number of rotatable bonds is 4.